The number of hydrogen-bond acceptors (Lipinski definition) is 2. The van der Waals surface area contributed by atoms with Gasteiger partial charge in [0.25, 0.3) is 0 Å². The summed E-state index contributed by atoms with van der Waals surface area (Å²) in [6.45, 7) is 0. The van der Waals surface area contributed by atoms with Crippen LogP contribution in [0.2, 0.25) is 10.0 Å². The highest BCUT2D eigenvalue weighted by Gasteiger charge is 1.95. The van der Waals surface area contributed by atoms with E-state index in [1.807, 2.05) is 0 Å². The van der Waals surface area contributed by atoms with Crippen LogP contribution in [0, 0.1) is 5.82 Å². The van der Waals surface area contributed by atoms with Crippen LogP contribution >= 0.6 is 23.2 Å². The van der Waals surface area contributed by atoms with Crippen LogP contribution in [0.5, 0.6) is 11.5 Å². The molecule has 2 aromatic rings. The number of aromatic hydroxyl groups is 2. The van der Waals surface area contributed by atoms with Crippen molar-refractivity contribution in [3.63, 3.8) is 0 Å². The van der Waals surface area contributed by atoms with Crippen LogP contribution in [-0.2, 0) is 0 Å². The average molecular weight is 275 g/mol. The Balaban J connectivity index is 0.000000171. The lowest BCUT2D eigenvalue weighted by Gasteiger charge is -1.93. The van der Waals surface area contributed by atoms with E-state index in [0.29, 0.717) is 10.0 Å². The molecule has 2 N–H and O–H groups in total. The maximum Gasteiger partial charge on any atom is 0.135 e. The van der Waals surface area contributed by atoms with Gasteiger partial charge in [-0.1, -0.05) is 23.2 Å². The molecule has 0 bridgehead atoms. The van der Waals surface area contributed by atoms with Crippen molar-refractivity contribution in [3.8, 4) is 11.5 Å². The van der Waals surface area contributed by atoms with Gasteiger partial charge >= 0.3 is 0 Å². The second kappa shape index (κ2) is 6.33. The number of phenols is 2. The maximum atomic E-state index is 12.0. The van der Waals surface area contributed by atoms with Crippen molar-refractivity contribution in [3.05, 3.63) is 58.3 Å². The molecule has 2 nitrogen and oxygen atoms in total. The molecule has 90 valence electrons. The zero-order chi connectivity index (χ0) is 12.8. The van der Waals surface area contributed by atoms with Gasteiger partial charge in [0.1, 0.15) is 17.3 Å². The summed E-state index contributed by atoms with van der Waals surface area (Å²) in [5.41, 5.74) is 0. The van der Waals surface area contributed by atoms with Crippen molar-refractivity contribution >= 4 is 23.2 Å². The first-order valence-corrected chi connectivity index (χ1v) is 5.33. The molecule has 0 radical (unpaired) electrons. The van der Waals surface area contributed by atoms with Crippen LogP contribution in [0.3, 0.4) is 0 Å². The Morgan fingerprint density at radius 2 is 1.47 bits per heavy atom. The third-order valence-corrected chi connectivity index (χ3v) is 2.29. The van der Waals surface area contributed by atoms with Crippen LogP contribution in [0.25, 0.3) is 0 Å². The molecule has 0 atom stereocenters. The minimum Gasteiger partial charge on any atom is -0.508 e. The van der Waals surface area contributed by atoms with Gasteiger partial charge in [-0.05, 0) is 36.4 Å². The van der Waals surface area contributed by atoms with Crippen LogP contribution in [0.4, 0.5) is 4.39 Å². The summed E-state index contributed by atoms with van der Waals surface area (Å²) in [4.78, 5) is 0. The van der Waals surface area contributed by atoms with Crippen molar-refractivity contribution in [1.29, 1.82) is 0 Å². The Kier molecular flexibility index (Phi) is 5.07. The first kappa shape index (κ1) is 13.6. The lowest BCUT2D eigenvalue weighted by molar-refractivity contribution is 0.473. The monoisotopic (exact) mass is 274 g/mol. The molecular formula is C12H9Cl2FO2. The molecule has 0 amide bonds. The predicted octanol–water partition coefficient (Wildman–Crippen LogP) is 4.23. The molecule has 2 rings (SSSR count). The fourth-order valence-corrected chi connectivity index (χ4v) is 1.21. The molecule has 17 heavy (non-hydrogen) atoms. The third-order valence-electron chi connectivity index (χ3n) is 1.73. The largest absolute Gasteiger partial charge is 0.508 e. The van der Waals surface area contributed by atoms with Gasteiger partial charge in [0.05, 0.1) is 5.02 Å². The number of benzene rings is 2. The second-order valence-electron chi connectivity index (χ2n) is 3.07. The summed E-state index contributed by atoms with van der Waals surface area (Å²) in [6.07, 6.45) is 0. The van der Waals surface area contributed by atoms with Gasteiger partial charge in [0.2, 0.25) is 0 Å². The van der Waals surface area contributed by atoms with Gasteiger partial charge in [0.15, 0.2) is 0 Å². The molecule has 0 aliphatic rings. The number of rotatable bonds is 0. The summed E-state index contributed by atoms with van der Waals surface area (Å²) in [5, 5.41) is 18.3. The van der Waals surface area contributed by atoms with Crippen molar-refractivity contribution < 1.29 is 14.6 Å². The van der Waals surface area contributed by atoms with Crippen LogP contribution < -0.4 is 0 Å². The fraction of sp³-hybridized carbons (Fsp3) is 0. The van der Waals surface area contributed by atoms with Gasteiger partial charge in [-0.3, -0.25) is 0 Å². The molecule has 5 heteroatoms. The zero-order valence-corrected chi connectivity index (χ0v) is 10.1. The van der Waals surface area contributed by atoms with E-state index in [9.17, 15) is 4.39 Å². The highest BCUT2D eigenvalue weighted by Crippen LogP contribution is 2.25. The Hall–Kier alpha value is -1.45. The number of phenolic OH excluding ortho intramolecular Hbond substituents is 2. The lowest BCUT2D eigenvalue weighted by Crippen LogP contribution is -1.67. The summed E-state index contributed by atoms with van der Waals surface area (Å²) in [6, 6.07) is 9.56. The van der Waals surface area contributed by atoms with Crippen molar-refractivity contribution in [1.82, 2.24) is 0 Å². The third kappa shape index (κ3) is 4.93. The number of hydrogen-bond donors (Lipinski definition) is 2. The summed E-state index contributed by atoms with van der Waals surface area (Å²) < 4.78 is 12.0. The van der Waals surface area contributed by atoms with E-state index in [4.69, 9.17) is 33.4 Å². The van der Waals surface area contributed by atoms with Gasteiger partial charge in [0, 0.05) is 11.1 Å². The quantitative estimate of drug-likeness (QED) is 0.755. The first-order valence-electron chi connectivity index (χ1n) is 4.57. The summed E-state index contributed by atoms with van der Waals surface area (Å²) in [5.74, 6) is -0.224. The minimum atomic E-state index is -0.331. The fourth-order valence-electron chi connectivity index (χ4n) is 0.927. The van der Waals surface area contributed by atoms with E-state index in [0.717, 1.165) is 0 Å². The summed E-state index contributed by atoms with van der Waals surface area (Å²) >= 11 is 11.0. The molecule has 0 aliphatic carbocycles. The Bertz CT molecular complexity index is 465. The standard InChI is InChI=1S/C6H4Cl2O.C6H5FO/c7-4-1-2-5(8)6(9)3-4;7-5-1-3-6(8)4-2-5/h1-3,9H;1-4,8H. The van der Waals surface area contributed by atoms with Gasteiger partial charge in [-0.25, -0.2) is 4.39 Å². The van der Waals surface area contributed by atoms with Gasteiger partial charge < -0.3 is 10.2 Å². The Labute approximate surface area is 108 Å². The lowest BCUT2D eigenvalue weighted by atomic mass is 10.3. The van der Waals surface area contributed by atoms with Crippen molar-refractivity contribution in [2.75, 3.05) is 0 Å². The SMILES string of the molecule is Oc1cc(Cl)ccc1Cl.Oc1ccc(F)cc1. The molecule has 2 aromatic carbocycles. The maximum absolute atomic E-state index is 12.0. The molecule has 0 unspecified atom stereocenters. The van der Waals surface area contributed by atoms with Gasteiger partial charge in [-0.2, -0.15) is 0 Å². The average Bonchev–Trinajstić information content (AvgIpc) is 2.29. The van der Waals surface area contributed by atoms with Gasteiger partial charge in [-0.15, -0.1) is 0 Å². The Morgan fingerprint density at radius 3 is 1.88 bits per heavy atom. The Morgan fingerprint density at radius 1 is 0.882 bits per heavy atom. The molecule has 0 heterocycles. The molecule has 0 saturated heterocycles. The molecule has 0 fully saturated rings. The van der Waals surface area contributed by atoms with Crippen molar-refractivity contribution in [2.24, 2.45) is 0 Å². The van der Waals surface area contributed by atoms with E-state index in [-0.39, 0.29) is 17.3 Å². The first-order chi connectivity index (χ1) is 7.99. The van der Waals surface area contributed by atoms with Crippen molar-refractivity contribution in [2.45, 2.75) is 0 Å². The second-order valence-corrected chi connectivity index (χ2v) is 3.92. The number of halogens is 3. The molecule has 0 aliphatic heterocycles. The van der Waals surface area contributed by atoms with E-state index >= 15 is 0 Å². The minimum absolute atomic E-state index is 0.0177. The normalized spacial score (nSPS) is 9.35. The van der Waals surface area contributed by atoms with Crippen LogP contribution in [-0.4, -0.2) is 10.2 Å². The highest BCUT2D eigenvalue weighted by atomic mass is 35.5. The van der Waals surface area contributed by atoms with E-state index < -0.39 is 0 Å². The topological polar surface area (TPSA) is 40.5 Å². The van der Waals surface area contributed by atoms with Crippen LogP contribution in [0.1, 0.15) is 0 Å². The smallest absolute Gasteiger partial charge is 0.135 e. The van der Waals surface area contributed by atoms with E-state index in [2.05, 4.69) is 0 Å². The van der Waals surface area contributed by atoms with Crippen LogP contribution in [0.15, 0.2) is 42.5 Å². The van der Waals surface area contributed by atoms with E-state index in [1.54, 1.807) is 12.1 Å². The van der Waals surface area contributed by atoms with E-state index in [1.165, 1.54) is 30.3 Å². The molecule has 0 spiro atoms. The highest BCUT2D eigenvalue weighted by molar-refractivity contribution is 6.34. The zero-order valence-electron chi connectivity index (χ0n) is 8.57. The molecular weight excluding hydrogens is 266 g/mol. The molecule has 0 aromatic heterocycles. The predicted molar refractivity (Wildman–Crippen MR) is 66.2 cm³/mol. The molecule has 0 saturated carbocycles. The summed E-state index contributed by atoms with van der Waals surface area (Å²) in [7, 11) is 0.